The molecule has 0 saturated carbocycles. The van der Waals surface area contributed by atoms with E-state index in [1.807, 2.05) is 0 Å². The Balaban J connectivity index is 0.000000205. The lowest BCUT2D eigenvalue weighted by molar-refractivity contribution is -0.00276. The fraction of sp³-hybridized carbons (Fsp3) is 0.500. The Hall–Kier alpha value is -1.52. The first kappa shape index (κ1) is 14.9. The molecule has 4 nitrogen and oxygen atoms in total. The minimum atomic E-state index is -0.215. The summed E-state index contributed by atoms with van der Waals surface area (Å²) in [6.07, 6.45) is 12.1. The van der Waals surface area contributed by atoms with Crippen LogP contribution in [-0.2, 0) is 0 Å². The third-order valence-electron chi connectivity index (χ3n) is 4.36. The van der Waals surface area contributed by atoms with Gasteiger partial charge in [-0.25, -0.2) is 9.97 Å². The molecule has 0 aromatic carbocycles. The van der Waals surface area contributed by atoms with Gasteiger partial charge in [0.25, 0.3) is 0 Å². The van der Waals surface area contributed by atoms with Crippen LogP contribution in [0, 0.1) is 5.92 Å². The van der Waals surface area contributed by atoms with E-state index in [0.29, 0.717) is 12.0 Å². The molecule has 1 N–H and O–H groups in total. The number of hydrogen-bond donors (Lipinski definition) is 1. The first-order valence-electron chi connectivity index (χ1n) is 7.09. The molecule has 108 valence electrons. The normalized spacial score (nSPS) is 32.7. The Morgan fingerprint density at radius 3 is 2.50 bits per heavy atom. The summed E-state index contributed by atoms with van der Waals surface area (Å²) < 4.78 is 0. The maximum Gasteiger partial charge on any atom is 0.115 e. The summed E-state index contributed by atoms with van der Waals surface area (Å²) >= 11 is 0. The van der Waals surface area contributed by atoms with Crippen LogP contribution in [0.4, 0.5) is 0 Å². The van der Waals surface area contributed by atoms with Crippen molar-refractivity contribution in [1.82, 2.24) is 14.9 Å². The highest BCUT2D eigenvalue weighted by Crippen LogP contribution is 2.35. The van der Waals surface area contributed by atoms with Gasteiger partial charge in [-0.2, -0.15) is 0 Å². The van der Waals surface area contributed by atoms with E-state index in [4.69, 9.17) is 0 Å². The zero-order valence-corrected chi connectivity index (χ0v) is 12.3. The van der Waals surface area contributed by atoms with E-state index in [1.165, 1.54) is 11.9 Å². The number of aliphatic hydroxyl groups is 1. The molecule has 0 amide bonds. The number of rotatable bonds is 0. The number of allylic oxidation sites excluding steroid dienone is 3. The van der Waals surface area contributed by atoms with Crippen LogP contribution in [0.25, 0.3) is 0 Å². The number of aliphatic hydroxyl groups excluding tert-OH is 1. The Bertz CT molecular complexity index is 445. The molecule has 0 spiro atoms. The van der Waals surface area contributed by atoms with Gasteiger partial charge >= 0.3 is 0 Å². The van der Waals surface area contributed by atoms with Gasteiger partial charge in [0.2, 0.25) is 0 Å². The van der Waals surface area contributed by atoms with E-state index in [1.54, 1.807) is 18.5 Å². The third kappa shape index (κ3) is 3.14. The van der Waals surface area contributed by atoms with Crippen molar-refractivity contribution >= 4 is 0 Å². The standard InChI is InChI=1S/C12H19NO.C4H4N2/c1-8-10-6-4-5-7-11(10)12(14)9(2)13(8)3;1-2-5-4-6-3-1/h4-6,8-9,11-12,14H,7H2,1-3H3;1-4H. The smallest absolute Gasteiger partial charge is 0.115 e. The van der Waals surface area contributed by atoms with E-state index >= 15 is 0 Å². The van der Waals surface area contributed by atoms with Crippen molar-refractivity contribution in [2.45, 2.75) is 38.5 Å². The van der Waals surface area contributed by atoms with Crippen LogP contribution in [0.1, 0.15) is 20.3 Å². The summed E-state index contributed by atoms with van der Waals surface area (Å²) in [6, 6.07) is 2.50. The highest BCUT2D eigenvalue weighted by Gasteiger charge is 2.39. The van der Waals surface area contributed by atoms with Gasteiger partial charge in [-0.1, -0.05) is 18.2 Å². The second-order valence-electron chi connectivity index (χ2n) is 5.41. The molecule has 4 heteroatoms. The predicted molar refractivity (Wildman–Crippen MR) is 80.1 cm³/mol. The number of likely N-dealkylation sites (N-methyl/N-ethyl adjacent to an activating group) is 1. The molecule has 1 aromatic rings. The van der Waals surface area contributed by atoms with Gasteiger partial charge in [-0.15, -0.1) is 0 Å². The Morgan fingerprint density at radius 1 is 1.25 bits per heavy atom. The minimum absolute atomic E-state index is 0.215. The fourth-order valence-corrected chi connectivity index (χ4v) is 2.87. The van der Waals surface area contributed by atoms with Crippen molar-refractivity contribution < 1.29 is 5.11 Å². The van der Waals surface area contributed by atoms with Crippen molar-refractivity contribution in [2.75, 3.05) is 7.05 Å². The van der Waals surface area contributed by atoms with Crippen molar-refractivity contribution in [3.05, 3.63) is 48.6 Å². The Labute approximate surface area is 120 Å². The zero-order chi connectivity index (χ0) is 14.5. The molecule has 0 bridgehead atoms. The summed E-state index contributed by atoms with van der Waals surface area (Å²) in [5, 5.41) is 10.1. The summed E-state index contributed by atoms with van der Waals surface area (Å²) in [4.78, 5) is 9.60. The molecule has 4 unspecified atom stereocenters. The predicted octanol–water partition coefficient (Wildman–Crippen LogP) is 2.05. The van der Waals surface area contributed by atoms with Crippen LogP contribution in [-0.4, -0.2) is 45.2 Å². The van der Waals surface area contributed by atoms with Gasteiger partial charge in [0.1, 0.15) is 6.33 Å². The van der Waals surface area contributed by atoms with Crippen LogP contribution >= 0.6 is 0 Å². The van der Waals surface area contributed by atoms with Gasteiger partial charge in [-0.05, 0) is 39.0 Å². The molecule has 1 aliphatic heterocycles. The van der Waals surface area contributed by atoms with Gasteiger partial charge < -0.3 is 5.11 Å². The maximum atomic E-state index is 10.1. The van der Waals surface area contributed by atoms with Gasteiger partial charge in [-0.3, -0.25) is 4.90 Å². The van der Waals surface area contributed by atoms with Crippen LogP contribution in [0.2, 0.25) is 0 Å². The lowest BCUT2D eigenvalue weighted by Crippen LogP contribution is -2.54. The summed E-state index contributed by atoms with van der Waals surface area (Å²) in [5.41, 5.74) is 1.39. The highest BCUT2D eigenvalue weighted by atomic mass is 16.3. The Kier molecular flexibility index (Phi) is 5.04. The molecule has 2 aliphatic rings. The molecule has 1 fully saturated rings. The van der Waals surface area contributed by atoms with Gasteiger partial charge in [0.05, 0.1) is 6.10 Å². The molecular formula is C16H23N3O. The molecule has 1 aliphatic carbocycles. The second-order valence-corrected chi connectivity index (χ2v) is 5.41. The van der Waals surface area contributed by atoms with Crippen LogP contribution in [0.5, 0.6) is 0 Å². The second kappa shape index (κ2) is 6.77. The number of nitrogens with zero attached hydrogens (tertiary/aromatic N) is 3. The number of likely N-dealkylation sites (tertiary alicyclic amines) is 1. The van der Waals surface area contributed by atoms with E-state index in [-0.39, 0.29) is 12.1 Å². The van der Waals surface area contributed by atoms with E-state index < -0.39 is 0 Å². The topological polar surface area (TPSA) is 49.2 Å². The van der Waals surface area contributed by atoms with Gasteiger partial charge in [0.15, 0.2) is 0 Å². The first-order chi connectivity index (χ1) is 9.63. The van der Waals surface area contributed by atoms with Gasteiger partial charge in [0, 0.05) is 30.4 Å². The monoisotopic (exact) mass is 273 g/mol. The number of fused-ring (bicyclic) bond motifs is 1. The van der Waals surface area contributed by atoms with Crippen LogP contribution < -0.4 is 0 Å². The molecule has 2 heterocycles. The zero-order valence-electron chi connectivity index (χ0n) is 12.3. The first-order valence-corrected chi connectivity index (χ1v) is 7.09. The average molecular weight is 273 g/mol. The Morgan fingerprint density at radius 2 is 1.95 bits per heavy atom. The summed E-state index contributed by atoms with van der Waals surface area (Å²) in [7, 11) is 2.09. The molecule has 20 heavy (non-hydrogen) atoms. The van der Waals surface area contributed by atoms with E-state index in [0.717, 1.165) is 6.42 Å². The number of hydrogen-bond acceptors (Lipinski definition) is 4. The fourth-order valence-electron chi connectivity index (χ4n) is 2.87. The SMILES string of the molecule is CC1C2=CC=CCC2C(O)C(C)N1C.c1cncnc1. The minimum Gasteiger partial charge on any atom is -0.391 e. The molecule has 1 aromatic heterocycles. The number of aromatic nitrogens is 2. The molecule has 4 atom stereocenters. The highest BCUT2D eigenvalue weighted by molar-refractivity contribution is 5.29. The quantitative estimate of drug-likeness (QED) is 0.786. The van der Waals surface area contributed by atoms with Crippen molar-refractivity contribution in [2.24, 2.45) is 5.92 Å². The lowest BCUT2D eigenvalue weighted by Gasteiger charge is -2.46. The van der Waals surface area contributed by atoms with Crippen molar-refractivity contribution in [1.29, 1.82) is 0 Å². The summed E-state index contributed by atoms with van der Waals surface area (Å²) in [6.45, 7) is 4.33. The van der Waals surface area contributed by atoms with Crippen molar-refractivity contribution in [3.8, 4) is 0 Å². The largest absolute Gasteiger partial charge is 0.391 e. The molecule has 0 radical (unpaired) electrons. The van der Waals surface area contributed by atoms with Crippen LogP contribution in [0.3, 0.4) is 0 Å². The molecule has 1 saturated heterocycles. The molecule has 3 rings (SSSR count). The van der Waals surface area contributed by atoms with Crippen molar-refractivity contribution in [3.63, 3.8) is 0 Å². The maximum absolute atomic E-state index is 10.1. The van der Waals surface area contributed by atoms with E-state index in [9.17, 15) is 5.11 Å². The number of piperidine rings is 1. The molecular weight excluding hydrogens is 250 g/mol. The summed E-state index contributed by atoms with van der Waals surface area (Å²) in [5.74, 6) is 0.348. The third-order valence-corrected chi connectivity index (χ3v) is 4.36. The van der Waals surface area contributed by atoms with E-state index in [2.05, 4.69) is 54.0 Å². The lowest BCUT2D eigenvalue weighted by atomic mass is 9.76. The van der Waals surface area contributed by atoms with Crippen LogP contribution in [0.15, 0.2) is 48.6 Å². The average Bonchev–Trinajstić information content (AvgIpc) is 2.53.